The molecular formula is C18H17ClN4. The molecular weight excluding hydrogens is 308 g/mol. The minimum absolute atomic E-state index is 0.279. The quantitative estimate of drug-likeness (QED) is 0.723. The molecule has 0 fully saturated rings. The van der Waals surface area contributed by atoms with Gasteiger partial charge in [-0.3, -0.25) is 0 Å². The molecule has 0 radical (unpaired) electrons. The zero-order valence-electron chi connectivity index (χ0n) is 12.6. The predicted molar refractivity (Wildman–Crippen MR) is 94.2 cm³/mol. The average Bonchev–Trinajstić information content (AvgIpc) is 2.59. The lowest BCUT2D eigenvalue weighted by atomic mass is 10.1. The van der Waals surface area contributed by atoms with Crippen molar-refractivity contribution in [2.24, 2.45) is 0 Å². The van der Waals surface area contributed by atoms with Crippen molar-refractivity contribution >= 4 is 23.1 Å². The summed E-state index contributed by atoms with van der Waals surface area (Å²) in [5.74, 6) is 0.651. The molecule has 0 unspecified atom stereocenters. The maximum absolute atomic E-state index is 6.09. The number of hydrogen-bond acceptors (Lipinski definition) is 4. The fourth-order valence-corrected chi connectivity index (χ4v) is 2.56. The monoisotopic (exact) mass is 324 g/mol. The average molecular weight is 325 g/mol. The largest absolute Gasteiger partial charge is 0.393 e. The summed E-state index contributed by atoms with van der Waals surface area (Å²) in [4.78, 5) is 10.4. The first kappa shape index (κ1) is 15.3. The van der Waals surface area contributed by atoms with Crippen LogP contribution < -0.4 is 10.6 Å². The van der Waals surface area contributed by atoms with Crippen molar-refractivity contribution in [3.63, 3.8) is 0 Å². The molecule has 0 aliphatic carbocycles. The van der Waals surface area contributed by atoms with Crippen LogP contribution in [0.3, 0.4) is 0 Å². The molecule has 2 aromatic carbocycles. The van der Waals surface area contributed by atoms with Gasteiger partial charge in [-0.05, 0) is 11.1 Å². The van der Waals surface area contributed by atoms with Crippen molar-refractivity contribution < 1.29 is 0 Å². The van der Waals surface area contributed by atoms with E-state index in [1.807, 2.05) is 36.4 Å². The summed E-state index contributed by atoms with van der Waals surface area (Å²) in [7, 11) is 0. The molecule has 0 amide bonds. The highest BCUT2D eigenvalue weighted by Crippen LogP contribution is 2.28. The first-order chi connectivity index (χ1) is 11.2. The third kappa shape index (κ3) is 3.79. The molecule has 0 saturated heterocycles. The Morgan fingerprint density at radius 1 is 0.826 bits per heavy atom. The highest BCUT2D eigenvalue weighted by Gasteiger charge is 2.15. The minimum Gasteiger partial charge on any atom is -0.393 e. The van der Waals surface area contributed by atoms with E-state index in [1.165, 1.54) is 17.5 Å². The smallest absolute Gasteiger partial charge is 0.157 e. The lowest BCUT2D eigenvalue weighted by molar-refractivity contribution is 0.782. The summed E-state index contributed by atoms with van der Waals surface area (Å²) >= 11 is 6.06. The Labute approximate surface area is 140 Å². The van der Waals surface area contributed by atoms with Gasteiger partial charge in [0.05, 0.1) is 0 Å². The van der Waals surface area contributed by atoms with E-state index in [-0.39, 0.29) is 5.15 Å². The Kier molecular flexibility index (Phi) is 4.74. The van der Waals surface area contributed by atoms with Crippen molar-refractivity contribution in [1.29, 1.82) is 0 Å². The molecule has 1 aromatic heterocycles. The number of rotatable bonds is 5. The zero-order valence-corrected chi connectivity index (χ0v) is 13.3. The highest BCUT2D eigenvalue weighted by atomic mass is 35.5. The standard InChI is InChI=1S/C18H17ClN4/c19-17-16(20)18(22-13-21-17)23(11-14-7-3-1-4-8-14)12-15-9-5-2-6-10-15/h1-10,13H,11-12,20H2. The van der Waals surface area contributed by atoms with Crippen molar-refractivity contribution in [2.75, 3.05) is 10.6 Å². The van der Waals surface area contributed by atoms with Crippen LogP contribution in [-0.4, -0.2) is 9.97 Å². The van der Waals surface area contributed by atoms with Crippen LogP contribution in [0.1, 0.15) is 11.1 Å². The van der Waals surface area contributed by atoms with Crippen LogP contribution in [-0.2, 0) is 13.1 Å². The number of hydrogen-bond donors (Lipinski definition) is 1. The maximum atomic E-state index is 6.09. The summed E-state index contributed by atoms with van der Waals surface area (Å²) in [6.07, 6.45) is 1.44. The van der Waals surface area contributed by atoms with Crippen LogP contribution in [0.15, 0.2) is 67.0 Å². The van der Waals surface area contributed by atoms with E-state index in [9.17, 15) is 0 Å². The Morgan fingerprint density at radius 3 is 1.87 bits per heavy atom. The lowest BCUT2D eigenvalue weighted by Gasteiger charge is -2.25. The second-order valence-corrected chi connectivity index (χ2v) is 5.59. The number of nitrogens with two attached hydrogens (primary N) is 1. The minimum atomic E-state index is 0.279. The summed E-state index contributed by atoms with van der Waals surface area (Å²) in [5.41, 5.74) is 8.85. The maximum Gasteiger partial charge on any atom is 0.157 e. The summed E-state index contributed by atoms with van der Waals surface area (Å²) in [6, 6.07) is 20.4. The second kappa shape index (κ2) is 7.11. The predicted octanol–water partition coefficient (Wildman–Crippen LogP) is 3.92. The van der Waals surface area contributed by atoms with Gasteiger partial charge in [0.2, 0.25) is 0 Å². The molecule has 3 aromatic rings. The Hall–Kier alpha value is -2.59. The molecule has 23 heavy (non-hydrogen) atoms. The number of nitrogen functional groups attached to an aromatic ring is 1. The third-order valence-corrected chi connectivity index (χ3v) is 3.85. The number of aromatic nitrogens is 2. The fourth-order valence-electron chi connectivity index (χ4n) is 2.43. The first-order valence-corrected chi connectivity index (χ1v) is 7.70. The second-order valence-electron chi connectivity index (χ2n) is 5.23. The SMILES string of the molecule is Nc1c(Cl)ncnc1N(Cc1ccccc1)Cc1ccccc1. The number of nitrogens with zero attached hydrogens (tertiary/aromatic N) is 3. The number of anilines is 2. The van der Waals surface area contributed by atoms with Crippen molar-refractivity contribution in [1.82, 2.24) is 9.97 Å². The molecule has 0 spiro atoms. The van der Waals surface area contributed by atoms with Crippen molar-refractivity contribution in [2.45, 2.75) is 13.1 Å². The van der Waals surface area contributed by atoms with E-state index in [2.05, 4.69) is 39.1 Å². The normalized spacial score (nSPS) is 10.5. The third-order valence-electron chi connectivity index (χ3n) is 3.55. The number of halogens is 1. The molecule has 5 heteroatoms. The summed E-state index contributed by atoms with van der Waals surface area (Å²) in [6.45, 7) is 1.38. The van der Waals surface area contributed by atoms with E-state index in [0.29, 0.717) is 24.6 Å². The van der Waals surface area contributed by atoms with Crippen LogP contribution in [0, 0.1) is 0 Å². The van der Waals surface area contributed by atoms with Gasteiger partial charge in [0.25, 0.3) is 0 Å². The van der Waals surface area contributed by atoms with E-state index in [4.69, 9.17) is 17.3 Å². The van der Waals surface area contributed by atoms with Gasteiger partial charge in [0.1, 0.15) is 12.0 Å². The van der Waals surface area contributed by atoms with Gasteiger partial charge in [-0.15, -0.1) is 0 Å². The van der Waals surface area contributed by atoms with E-state index >= 15 is 0 Å². The zero-order chi connectivity index (χ0) is 16.1. The van der Waals surface area contributed by atoms with Gasteiger partial charge in [-0.1, -0.05) is 72.3 Å². The van der Waals surface area contributed by atoms with Crippen molar-refractivity contribution in [3.05, 3.63) is 83.3 Å². The molecule has 0 aliphatic heterocycles. The van der Waals surface area contributed by atoms with Crippen molar-refractivity contribution in [3.8, 4) is 0 Å². The van der Waals surface area contributed by atoms with Gasteiger partial charge in [-0.25, -0.2) is 9.97 Å². The van der Waals surface area contributed by atoms with Gasteiger partial charge in [0, 0.05) is 13.1 Å². The topological polar surface area (TPSA) is 55.0 Å². The van der Waals surface area contributed by atoms with Crippen LogP contribution in [0.5, 0.6) is 0 Å². The Balaban J connectivity index is 1.94. The highest BCUT2D eigenvalue weighted by molar-refractivity contribution is 6.32. The van der Waals surface area contributed by atoms with E-state index in [0.717, 1.165) is 0 Å². The molecule has 2 N–H and O–H groups in total. The lowest BCUT2D eigenvalue weighted by Crippen LogP contribution is -2.24. The molecule has 0 aliphatic rings. The van der Waals surface area contributed by atoms with Crippen LogP contribution in [0.2, 0.25) is 5.15 Å². The molecule has 0 saturated carbocycles. The molecule has 4 nitrogen and oxygen atoms in total. The van der Waals surface area contributed by atoms with Crippen LogP contribution in [0.25, 0.3) is 0 Å². The molecule has 1 heterocycles. The molecule has 0 bridgehead atoms. The Bertz CT molecular complexity index is 721. The van der Waals surface area contributed by atoms with E-state index in [1.54, 1.807) is 0 Å². The molecule has 3 rings (SSSR count). The molecule has 116 valence electrons. The number of benzene rings is 2. The summed E-state index contributed by atoms with van der Waals surface area (Å²) in [5, 5.41) is 0.279. The Morgan fingerprint density at radius 2 is 1.35 bits per heavy atom. The molecule has 0 atom stereocenters. The van der Waals surface area contributed by atoms with Gasteiger partial charge in [0.15, 0.2) is 11.0 Å². The van der Waals surface area contributed by atoms with Crippen LogP contribution in [0.4, 0.5) is 11.5 Å². The van der Waals surface area contributed by atoms with Gasteiger partial charge >= 0.3 is 0 Å². The van der Waals surface area contributed by atoms with Gasteiger partial charge < -0.3 is 10.6 Å². The summed E-state index contributed by atoms with van der Waals surface area (Å²) < 4.78 is 0. The first-order valence-electron chi connectivity index (χ1n) is 7.33. The fraction of sp³-hybridized carbons (Fsp3) is 0.111. The van der Waals surface area contributed by atoms with E-state index < -0.39 is 0 Å². The van der Waals surface area contributed by atoms with Crippen LogP contribution >= 0.6 is 11.6 Å². The van der Waals surface area contributed by atoms with Gasteiger partial charge in [-0.2, -0.15) is 0 Å².